The molecule has 0 aromatic heterocycles. The second-order valence-corrected chi connectivity index (χ2v) is 9.05. The quantitative estimate of drug-likeness (QED) is 0.388. The number of phenols is 1. The molecule has 2 aromatic rings. The molecule has 2 N–H and O–H groups in total. The first-order valence-electron chi connectivity index (χ1n) is 12.3. The molecule has 184 valence electrons. The van der Waals surface area contributed by atoms with Gasteiger partial charge in [-0.1, -0.05) is 50.6 Å². The number of hydrogen-bond donors (Lipinski definition) is 2. The van der Waals surface area contributed by atoms with Crippen molar-refractivity contribution in [1.82, 2.24) is 5.32 Å². The zero-order valence-corrected chi connectivity index (χ0v) is 20.6. The number of aromatic hydroxyl groups is 1. The lowest BCUT2D eigenvalue weighted by atomic mass is 9.71. The molecule has 1 heterocycles. The van der Waals surface area contributed by atoms with E-state index in [0.29, 0.717) is 42.6 Å². The molecule has 0 bridgehead atoms. The Morgan fingerprint density at radius 1 is 1.11 bits per heavy atom. The summed E-state index contributed by atoms with van der Waals surface area (Å²) >= 11 is 0. The van der Waals surface area contributed by atoms with Gasteiger partial charge < -0.3 is 19.9 Å². The Kier molecular flexibility index (Phi) is 7.59. The van der Waals surface area contributed by atoms with Gasteiger partial charge in [0, 0.05) is 35.2 Å². The number of benzene rings is 2. The third-order valence-electron chi connectivity index (χ3n) is 6.80. The molecule has 2 aliphatic rings. The van der Waals surface area contributed by atoms with Gasteiger partial charge in [0.1, 0.15) is 11.5 Å². The lowest BCUT2D eigenvalue weighted by molar-refractivity contribution is -0.139. The van der Waals surface area contributed by atoms with Crippen LogP contribution in [0.5, 0.6) is 11.5 Å². The van der Waals surface area contributed by atoms with E-state index in [0.717, 1.165) is 35.5 Å². The van der Waals surface area contributed by atoms with Crippen molar-refractivity contribution in [3.8, 4) is 11.5 Å². The van der Waals surface area contributed by atoms with Crippen molar-refractivity contribution in [1.29, 1.82) is 0 Å². The molecule has 0 fully saturated rings. The van der Waals surface area contributed by atoms with Gasteiger partial charge in [0.05, 0.1) is 19.3 Å². The van der Waals surface area contributed by atoms with Crippen LogP contribution in [0.25, 0.3) is 0 Å². The monoisotopic (exact) mass is 475 g/mol. The molecule has 0 unspecified atom stereocenters. The lowest BCUT2D eigenvalue weighted by Crippen LogP contribution is -2.36. The number of carbonyl (C=O) groups excluding carboxylic acids is 2. The molecule has 0 spiro atoms. The molecule has 35 heavy (non-hydrogen) atoms. The van der Waals surface area contributed by atoms with Crippen molar-refractivity contribution in [2.45, 2.75) is 57.8 Å². The Labute approximate surface area is 206 Å². The van der Waals surface area contributed by atoms with Crippen LogP contribution in [-0.2, 0) is 14.3 Å². The van der Waals surface area contributed by atoms with E-state index in [1.807, 2.05) is 44.2 Å². The topological polar surface area (TPSA) is 84.9 Å². The van der Waals surface area contributed by atoms with Crippen LogP contribution < -0.4 is 10.1 Å². The van der Waals surface area contributed by atoms with Crippen molar-refractivity contribution < 1.29 is 24.2 Å². The zero-order valence-electron chi connectivity index (χ0n) is 20.6. The summed E-state index contributed by atoms with van der Waals surface area (Å²) in [6, 6.07) is 14.6. The number of ether oxygens (including phenoxy) is 2. The van der Waals surface area contributed by atoms with Gasteiger partial charge in [-0.2, -0.15) is 0 Å². The van der Waals surface area contributed by atoms with Crippen LogP contribution in [0.3, 0.4) is 0 Å². The molecule has 0 amide bonds. The highest BCUT2D eigenvalue weighted by molar-refractivity contribution is 6.04. The summed E-state index contributed by atoms with van der Waals surface area (Å²) < 4.78 is 11.2. The van der Waals surface area contributed by atoms with Crippen LogP contribution in [-0.4, -0.2) is 30.6 Å². The third-order valence-corrected chi connectivity index (χ3v) is 6.80. The number of para-hydroxylation sites is 1. The number of dihydropyridines is 1. The number of rotatable bonds is 8. The number of phenolic OH excluding ortho intramolecular Hbond substituents is 1. The van der Waals surface area contributed by atoms with Crippen molar-refractivity contribution in [2.75, 3.05) is 13.7 Å². The molecule has 1 aliphatic carbocycles. The molecular weight excluding hydrogens is 442 g/mol. The van der Waals surface area contributed by atoms with E-state index in [1.165, 1.54) is 0 Å². The maximum Gasteiger partial charge on any atom is 0.336 e. The van der Waals surface area contributed by atoms with Gasteiger partial charge in [0.15, 0.2) is 5.78 Å². The highest BCUT2D eigenvalue weighted by atomic mass is 16.5. The average Bonchev–Trinajstić information content (AvgIpc) is 2.87. The predicted octanol–water partition coefficient (Wildman–Crippen LogP) is 5.50. The number of esters is 1. The summed E-state index contributed by atoms with van der Waals surface area (Å²) in [6.45, 7) is 4.35. The number of methoxy groups -OCH3 is 1. The first-order chi connectivity index (χ1) is 17.0. The van der Waals surface area contributed by atoms with Crippen LogP contribution in [0.15, 0.2) is 71.1 Å². The van der Waals surface area contributed by atoms with E-state index < -0.39 is 11.9 Å². The van der Waals surface area contributed by atoms with Gasteiger partial charge in [-0.25, -0.2) is 4.79 Å². The van der Waals surface area contributed by atoms with Crippen LogP contribution in [0, 0.1) is 0 Å². The molecule has 6 heteroatoms. The fourth-order valence-electron chi connectivity index (χ4n) is 5.12. The van der Waals surface area contributed by atoms with Crippen molar-refractivity contribution in [3.05, 3.63) is 82.2 Å². The molecule has 0 saturated carbocycles. The number of nitrogens with one attached hydrogen (secondary N) is 1. The zero-order chi connectivity index (χ0) is 24.9. The molecule has 6 nitrogen and oxygen atoms in total. The number of allylic oxidation sites excluding steroid dienone is 3. The molecule has 1 aliphatic heterocycles. The van der Waals surface area contributed by atoms with Gasteiger partial charge in [0.2, 0.25) is 0 Å². The minimum absolute atomic E-state index is 0.0167. The standard InChI is InChI=1S/C29H33NO5/c1-4-6-14-35-29(33)28-22(5-2)30-23-16-19(21-12-7-8-13-25(21)34-3)17-24(32)27(23)26(28)18-10-9-11-20(31)15-18/h7-13,15,19,26,30-31H,4-6,14,16-17H2,1-3H3/t19-,26+/m1/s1. The van der Waals surface area contributed by atoms with Gasteiger partial charge >= 0.3 is 5.97 Å². The highest BCUT2D eigenvalue weighted by Gasteiger charge is 2.42. The van der Waals surface area contributed by atoms with E-state index in [4.69, 9.17) is 9.47 Å². The molecule has 2 atom stereocenters. The summed E-state index contributed by atoms with van der Waals surface area (Å²) in [6.07, 6.45) is 3.21. The number of unbranched alkanes of at least 4 members (excludes halogenated alkanes) is 1. The fraction of sp³-hybridized carbons (Fsp3) is 0.379. The number of ketones is 1. The minimum atomic E-state index is -0.589. The van der Waals surface area contributed by atoms with E-state index in [-0.39, 0.29) is 17.5 Å². The molecular formula is C29H33NO5. The number of hydrogen-bond acceptors (Lipinski definition) is 6. The van der Waals surface area contributed by atoms with Crippen LogP contribution in [0.4, 0.5) is 0 Å². The van der Waals surface area contributed by atoms with Crippen LogP contribution in [0.2, 0.25) is 0 Å². The Hall–Kier alpha value is -3.54. The average molecular weight is 476 g/mol. The number of carbonyl (C=O) groups is 2. The fourth-order valence-corrected chi connectivity index (χ4v) is 5.12. The molecule has 2 aromatic carbocycles. The normalized spacial score (nSPS) is 19.8. The SMILES string of the molecule is CCCCOC(=O)C1=C(CC)NC2=C(C(=O)C[C@H](c3ccccc3OC)C2)[C@@H]1c1cccc(O)c1. The van der Waals surface area contributed by atoms with E-state index >= 15 is 0 Å². The van der Waals surface area contributed by atoms with Crippen LogP contribution in [0.1, 0.15) is 68.9 Å². The second-order valence-electron chi connectivity index (χ2n) is 9.05. The van der Waals surface area contributed by atoms with Gasteiger partial charge in [-0.15, -0.1) is 0 Å². The Morgan fingerprint density at radius 2 is 1.91 bits per heavy atom. The van der Waals surface area contributed by atoms with Crippen molar-refractivity contribution in [3.63, 3.8) is 0 Å². The van der Waals surface area contributed by atoms with E-state index in [9.17, 15) is 14.7 Å². The second kappa shape index (κ2) is 10.8. The molecule has 4 rings (SSSR count). The first-order valence-corrected chi connectivity index (χ1v) is 12.3. The third kappa shape index (κ3) is 4.97. The van der Waals surface area contributed by atoms with E-state index in [1.54, 1.807) is 25.3 Å². The maximum atomic E-state index is 13.7. The van der Waals surface area contributed by atoms with E-state index in [2.05, 4.69) is 5.32 Å². The minimum Gasteiger partial charge on any atom is -0.508 e. The molecule has 0 radical (unpaired) electrons. The van der Waals surface area contributed by atoms with Crippen molar-refractivity contribution >= 4 is 11.8 Å². The Balaban J connectivity index is 1.79. The van der Waals surface area contributed by atoms with Crippen LogP contribution >= 0.6 is 0 Å². The summed E-state index contributed by atoms with van der Waals surface area (Å²) in [4.78, 5) is 27.1. The highest BCUT2D eigenvalue weighted by Crippen LogP contribution is 2.47. The van der Waals surface area contributed by atoms with Crippen molar-refractivity contribution in [2.24, 2.45) is 0 Å². The summed E-state index contributed by atoms with van der Waals surface area (Å²) in [7, 11) is 1.64. The smallest absolute Gasteiger partial charge is 0.336 e. The predicted molar refractivity (Wildman–Crippen MR) is 134 cm³/mol. The lowest BCUT2D eigenvalue weighted by Gasteiger charge is -2.37. The Bertz CT molecular complexity index is 1180. The summed E-state index contributed by atoms with van der Waals surface area (Å²) in [5.41, 5.74) is 4.33. The first kappa shape index (κ1) is 24.6. The summed E-state index contributed by atoms with van der Waals surface area (Å²) in [5, 5.41) is 13.7. The van der Waals surface area contributed by atoms with Gasteiger partial charge in [0.25, 0.3) is 0 Å². The molecule has 0 saturated heterocycles. The largest absolute Gasteiger partial charge is 0.508 e. The van der Waals surface area contributed by atoms with Gasteiger partial charge in [-0.3, -0.25) is 4.79 Å². The number of Topliss-reactive ketones (excluding diaryl/α,β-unsaturated/α-hetero) is 1. The Morgan fingerprint density at radius 3 is 2.63 bits per heavy atom. The van der Waals surface area contributed by atoms with Gasteiger partial charge in [-0.05, 0) is 48.6 Å². The summed E-state index contributed by atoms with van der Waals surface area (Å²) in [5.74, 6) is -0.199. The maximum absolute atomic E-state index is 13.7.